The van der Waals surface area contributed by atoms with Gasteiger partial charge in [0.15, 0.2) is 0 Å². The number of nitrogens with one attached hydrogen (secondary N) is 2. The van der Waals surface area contributed by atoms with E-state index in [-0.39, 0.29) is 24.2 Å². The Balaban J connectivity index is 1.31. The van der Waals surface area contributed by atoms with Crippen molar-refractivity contribution < 1.29 is 13.6 Å². The first-order valence-corrected chi connectivity index (χ1v) is 10.9. The number of rotatable bonds is 6. The summed E-state index contributed by atoms with van der Waals surface area (Å²) in [7, 11) is 0. The van der Waals surface area contributed by atoms with Crippen molar-refractivity contribution in [2.75, 3.05) is 0 Å². The van der Waals surface area contributed by atoms with Crippen molar-refractivity contribution in [3.05, 3.63) is 124 Å². The number of halogens is 2. The van der Waals surface area contributed by atoms with Gasteiger partial charge in [-0.2, -0.15) is 0 Å². The maximum Gasteiger partial charge on any atom is 0.261 e. The minimum Gasteiger partial charge on any atom is -0.367 e. The molecule has 0 unspecified atom stereocenters. The second-order valence-corrected chi connectivity index (χ2v) is 8.09. The van der Waals surface area contributed by atoms with Crippen LogP contribution in [0.25, 0.3) is 22.0 Å². The lowest BCUT2D eigenvalue weighted by Crippen LogP contribution is -2.24. The van der Waals surface area contributed by atoms with Crippen molar-refractivity contribution in [2.45, 2.75) is 13.1 Å². The Hall–Kier alpha value is -4.59. The highest BCUT2D eigenvalue weighted by atomic mass is 19.1. The molecular formula is C27H20F2N4O2. The molecule has 35 heavy (non-hydrogen) atoms. The summed E-state index contributed by atoms with van der Waals surface area (Å²) in [6.07, 6.45) is 5.19. The smallest absolute Gasteiger partial charge is 0.261 e. The second kappa shape index (κ2) is 9.34. The first-order chi connectivity index (χ1) is 17.0. The predicted octanol–water partition coefficient (Wildman–Crippen LogP) is 4.65. The molecule has 5 rings (SSSR count). The molecule has 0 aliphatic heterocycles. The topological polar surface area (TPSA) is 79.8 Å². The number of carbonyl (C=O) groups is 1. The second-order valence-electron chi connectivity index (χ2n) is 8.09. The van der Waals surface area contributed by atoms with Gasteiger partial charge in [-0.1, -0.05) is 24.3 Å². The van der Waals surface area contributed by atoms with E-state index in [1.807, 2.05) is 36.7 Å². The monoisotopic (exact) mass is 470 g/mol. The normalized spacial score (nSPS) is 11.0. The summed E-state index contributed by atoms with van der Waals surface area (Å²) in [5.74, 6) is -1.88. The predicted molar refractivity (Wildman–Crippen MR) is 129 cm³/mol. The molecule has 174 valence electrons. The Kier molecular flexibility index (Phi) is 5.93. The third-order valence-corrected chi connectivity index (χ3v) is 5.81. The number of aromatic amines is 1. The molecule has 0 aliphatic carbocycles. The Bertz CT molecular complexity index is 1560. The van der Waals surface area contributed by atoms with Crippen LogP contribution in [0.5, 0.6) is 0 Å². The summed E-state index contributed by atoms with van der Waals surface area (Å²) in [5.41, 5.74) is 3.29. The summed E-state index contributed by atoms with van der Waals surface area (Å²) in [4.78, 5) is 32.9. The molecule has 0 saturated heterocycles. The molecule has 0 radical (unpaired) electrons. The zero-order chi connectivity index (χ0) is 24.4. The summed E-state index contributed by atoms with van der Waals surface area (Å²) in [5, 5.41) is 3.04. The van der Waals surface area contributed by atoms with Crippen LogP contribution >= 0.6 is 0 Å². The molecule has 0 fully saturated rings. The summed E-state index contributed by atoms with van der Waals surface area (Å²) < 4.78 is 29.0. The number of hydrogen-bond acceptors (Lipinski definition) is 3. The molecule has 0 atom stereocenters. The van der Waals surface area contributed by atoms with E-state index in [1.165, 1.54) is 17.0 Å². The van der Waals surface area contributed by atoms with Crippen LogP contribution < -0.4 is 10.9 Å². The lowest BCUT2D eigenvalue weighted by molar-refractivity contribution is 0.0950. The van der Waals surface area contributed by atoms with Crippen molar-refractivity contribution in [1.29, 1.82) is 0 Å². The molecule has 2 N–H and O–H groups in total. The van der Waals surface area contributed by atoms with Crippen molar-refractivity contribution in [1.82, 2.24) is 19.9 Å². The van der Waals surface area contributed by atoms with Crippen LogP contribution in [0.2, 0.25) is 0 Å². The van der Waals surface area contributed by atoms with E-state index in [1.54, 1.807) is 24.3 Å². The minimum atomic E-state index is -0.713. The maximum atomic E-state index is 13.8. The minimum absolute atomic E-state index is 0.166. The number of nitrogens with zero attached hydrogens (tertiary/aromatic N) is 2. The number of carbonyl (C=O) groups excluding carboxylic acids is 1. The largest absolute Gasteiger partial charge is 0.367 e. The van der Waals surface area contributed by atoms with E-state index in [0.717, 1.165) is 28.8 Å². The molecule has 0 bridgehead atoms. The van der Waals surface area contributed by atoms with E-state index in [2.05, 4.69) is 15.3 Å². The molecule has 0 aliphatic rings. The molecule has 5 aromatic rings. The van der Waals surface area contributed by atoms with E-state index in [9.17, 15) is 18.4 Å². The Labute approximate surface area is 198 Å². The van der Waals surface area contributed by atoms with Crippen LogP contribution in [0.1, 0.15) is 21.5 Å². The van der Waals surface area contributed by atoms with Gasteiger partial charge >= 0.3 is 0 Å². The van der Waals surface area contributed by atoms with Gasteiger partial charge in [0.2, 0.25) is 0 Å². The molecule has 2 aromatic heterocycles. The van der Waals surface area contributed by atoms with Crippen molar-refractivity contribution in [3.63, 3.8) is 0 Å². The van der Waals surface area contributed by atoms with Gasteiger partial charge in [0.05, 0.1) is 23.8 Å². The Morgan fingerprint density at radius 2 is 1.74 bits per heavy atom. The number of hydrogen-bond donors (Lipinski definition) is 2. The van der Waals surface area contributed by atoms with Crippen LogP contribution in [0, 0.1) is 11.6 Å². The zero-order valence-corrected chi connectivity index (χ0v) is 18.5. The standard InChI is InChI=1S/C27H20F2N4O2/c28-23-2-1-3-24(29)22(23)14-31-26(34)18-6-4-17(5-7-18)15-33-16-32-25-9-8-19(12-21(25)27(33)35)20-10-11-30-13-20/h1-13,16,30H,14-15H2,(H,31,34). The Morgan fingerprint density at radius 3 is 2.46 bits per heavy atom. The first kappa shape index (κ1) is 22.2. The maximum absolute atomic E-state index is 13.8. The molecule has 6 nitrogen and oxygen atoms in total. The van der Waals surface area contributed by atoms with Crippen molar-refractivity contribution in [3.8, 4) is 11.1 Å². The summed E-state index contributed by atoms with van der Waals surface area (Å²) in [6.45, 7) is 0.0144. The molecule has 0 saturated carbocycles. The third kappa shape index (κ3) is 4.59. The molecular weight excluding hydrogens is 450 g/mol. The number of fused-ring (bicyclic) bond motifs is 1. The lowest BCUT2D eigenvalue weighted by Gasteiger charge is -2.10. The fourth-order valence-electron chi connectivity index (χ4n) is 3.88. The highest BCUT2D eigenvalue weighted by Gasteiger charge is 2.12. The molecule has 8 heteroatoms. The average molecular weight is 470 g/mol. The van der Waals surface area contributed by atoms with Crippen molar-refractivity contribution in [2.24, 2.45) is 0 Å². The Morgan fingerprint density at radius 1 is 0.971 bits per heavy atom. The van der Waals surface area contributed by atoms with Gasteiger partial charge in [0.1, 0.15) is 11.6 Å². The van der Waals surface area contributed by atoms with Gasteiger partial charge in [-0.25, -0.2) is 13.8 Å². The van der Waals surface area contributed by atoms with Crippen LogP contribution in [-0.4, -0.2) is 20.4 Å². The molecule has 3 aromatic carbocycles. The lowest BCUT2D eigenvalue weighted by atomic mass is 10.1. The SMILES string of the molecule is O=C(NCc1c(F)cccc1F)c1ccc(Cn2cnc3ccc(-c4cc[nH]c4)cc3c2=O)cc1. The summed E-state index contributed by atoms with van der Waals surface area (Å²) in [6, 6.07) is 17.7. The zero-order valence-electron chi connectivity index (χ0n) is 18.5. The van der Waals surface area contributed by atoms with Crippen LogP contribution in [0.4, 0.5) is 8.78 Å². The molecule has 1 amide bonds. The van der Waals surface area contributed by atoms with Crippen LogP contribution in [-0.2, 0) is 13.1 Å². The van der Waals surface area contributed by atoms with E-state index < -0.39 is 17.5 Å². The van der Waals surface area contributed by atoms with E-state index >= 15 is 0 Å². The fraction of sp³-hybridized carbons (Fsp3) is 0.0741. The fourth-order valence-corrected chi connectivity index (χ4v) is 3.88. The van der Waals surface area contributed by atoms with Gasteiger partial charge < -0.3 is 10.3 Å². The van der Waals surface area contributed by atoms with Gasteiger partial charge in [0.25, 0.3) is 11.5 Å². The van der Waals surface area contributed by atoms with Gasteiger partial charge in [-0.3, -0.25) is 14.2 Å². The molecule has 2 heterocycles. The summed E-state index contributed by atoms with van der Waals surface area (Å²) >= 11 is 0. The van der Waals surface area contributed by atoms with Gasteiger partial charge in [-0.15, -0.1) is 0 Å². The number of H-pyrrole nitrogens is 1. The third-order valence-electron chi connectivity index (χ3n) is 5.81. The number of aromatic nitrogens is 3. The van der Waals surface area contributed by atoms with E-state index in [4.69, 9.17) is 0 Å². The first-order valence-electron chi connectivity index (χ1n) is 10.9. The number of benzene rings is 3. The average Bonchev–Trinajstić information content (AvgIpc) is 3.41. The quantitative estimate of drug-likeness (QED) is 0.379. The van der Waals surface area contributed by atoms with Crippen molar-refractivity contribution >= 4 is 16.8 Å². The number of amides is 1. The van der Waals surface area contributed by atoms with Crippen LogP contribution in [0.15, 0.2) is 90.2 Å². The van der Waals surface area contributed by atoms with Gasteiger partial charge in [0, 0.05) is 30.1 Å². The van der Waals surface area contributed by atoms with Crippen LogP contribution in [0.3, 0.4) is 0 Å². The van der Waals surface area contributed by atoms with Gasteiger partial charge in [-0.05, 0) is 59.2 Å². The highest BCUT2D eigenvalue weighted by Crippen LogP contribution is 2.21. The van der Waals surface area contributed by atoms with E-state index in [0.29, 0.717) is 16.5 Å². The highest BCUT2D eigenvalue weighted by molar-refractivity contribution is 5.94. The molecule has 0 spiro atoms.